The van der Waals surface area contributed by atoms with Gasteiger partial charge in [0.25, 0.3) is 0 Å². The van der Waals surface area contributed by atoms with Gasteiger partial charge in [0.2, 0.25) is 5.91 Å². The Balaban J connectivity index is 2.42. The minimum atomic E-state index is 0.140. The van der Waals surface area contributed by atoms with Crippen LogP contribution in [0.1, 0.15) is 13.3 Å². The van der Waals surface area contributed by atoms with Crippen LogP contribution in [0.3, 0.4) is 0 Å². The van der Waals surface area contributed by atoms with Gasteiger partial charge in [-0.25, -0.2) is 0 Å². The van der Waals surface area contributed by atoms with Gasteiger partial charge >= 0.3 is 0 Å². The van der Waals surface area contributed by atoms with Crippen molar-refractivity contribution in [2.45, 2.75) is 13.3 Å². The molecule has 0 saturated carbocycles. The molecule has 3 heteroatoms. The van der Waals surface area contributed by atoms with Crippen LogP contribution < -0.4 is 5.32 Å². The second kappa shape index (κ2) is 4.93. The van der Waals surface area contributed by atoms with E-state index in [9.17, 15) is 4.79 Å². The Kier molecular flexibility index (Phi) is 3.80. The van der Waals surface area contributed by atoms with Gasteiger partial charge in [-0.1, -0.05) is 6.08 Å². The molecule has 0 aromatic carbocycles. The van der Waals surface area contributed by atoms with E-state index in [1.165, 1.54) is 0 Å². The average molecular weight is 168 g/mol. The molecule has 1 N–H and O–H groups in total. The molecule has 1 fully saturated rings. The van der Waals surface area contributed by atoms with Crippen molar-refractivity contribution in [3.05, 3.63) is 12.2 Å². The molecule has 0 bridgehead atoms. The zero-order valence-corrected chi connectivity index (χ0v) is 7.55. The number of allylic oxidation sites excluding steroid dienone is 1. The molecule has 1 heterocycles. The Morgan fingerprint density at radius 3 is 3.00 bits per heavy atom. The first-order valence-electron chi connectivity index (χ1n) is 4.47. The lowest BCUT2D eigenvalue weighted by Gasteiger charge is -2.17. The van der Waals surface area contributed by atoms with Crippen molar-refractivity contribution < 1.29 is 4.79 Å². The lowest BCUT2D eigenvalue weighted by Crippen LogP contribution is -2.32. The Bertz CT molecular complexity index is 169. The molecule has 0 radical (unpaired) electrons. The molecule has 12 heavy (non-hydrogen) atoms. The molecule has 1 rings (SSSR count). The van der Waals surface area contributed by atoms with Gasteiger partial charge in [-0.05, 0) is 26.0 Å². The van der Waals surface area contributed by atoms with E-state index in [0.717, 1.165) is 32.6 Å². The molecular weight excluding hydrogens is 152 g/mol. The smallest absolute Gasteiger partial charge is 0.246 e. The Hall–Kier alpha value is -0.830. The maximum absolute atomic E-state index is 11.4. The van der Waals surface area contributed by atoms with Crippen molar-refractivity contribution in [1.29, 1.82) is 0 Å². The maximum Gasteiger partial charge on any atom is 0.246 e. The fraction of sp³-hybridized carbons (Fsp3) is 0.667. The van der Waals surface area contributed by atoms with Crippen LogP contribution in [0.4, 0.5) is 0 Å². The second-order valence-corrected chi connectivity index (χ2v) is 2.93. The van der Waals surface area contributed by atoms with E-state index in [1.54, 1.807) is 12.2 Å². The number of hydrogen-bond donors (Lipinski definition) is 1. The summed E-state index contributed by atoms with van der Waals surface area (Å²) in [5.74, 6) is 0.140. The Morgan fingerprint density at radius 2 is 2.25 bits per heavy atom. The highest BCUT2D eigenvalue weighted by atomic mass is 16.2. The van der Waals surface area contributed by atoms with Crippen LogP contribution in [0.5, 0.6) is 0 Å². The quantitative estimate of drug-likeness (QED) is 0.574. The number of carbonyl (C=O) groups excluding carboxylic acids is 1. The first-order valence-corrected chi connectivity index (χ1v) is 4.47. The van der Waals surface area contributed by atoms with E-state index in [4.69, 9.17) is 0 Å². The topological polar surface area (TPSA) is 32.3 Å². The van der Waals surface area contributed by atoms with Crippen molar-refractivity contribution in [2.24, 2.45) is 0 Å². The zero-order valence-electron chi connectivity index (χ0n) is 7.55. The lowest BCUT2D eigenvalue weighted by molar-refractivity contribution is -0.125. The Labute approximate surface area is 73.4 Å². The number of rotatable bonds is 1. The Morgan fingerprint density at radius 1 is 1.42 bits per heavy atom. The summed E-state index contributed by atoms with van der Waals surface area (Å²) in [5.41, 5.74) is 0. The van der Waals surface area contributed by atoms with E-state index in [0.29, 0.717) is 0 Å². The predicted octanol–water partition coefficient (Wildman–Crippen LogP) is 0.384. The van der Waals surface area contributed by atoms with Crippen molar-refractivity contribution in [1.82, 2.24) is 10.2 Å². The minimum absolute atomic E-state index is 0.140. The third-order valence-corrected chi connectivity index (χ3v) is 1.96. The number of amides is 1. The lowest BCUT2D eigenvalue weighted by atomic mass is 10.3. The van der Waals surface area contributed by atoms with Gasteiger partial charge in [0.1, 0.15) is 0 Å². The summed E-state index contributed by atoms with van der Waals surface area (Å²) in [4.78, 5) is 13.3. The third-order valence-electron chi connectivity index (χ3n) is 1.96. The molecule has 1 aliphatic heterocycles. The summed E-state index contributed by atoms with van der Waals surface area (Å²) < 4.78 is 0. The van der Waals surface area contributed by atoms with Crippen LogP contribution in [0.2, 0.25) is 0 Å². The highest BCUT2D eigenvalue weighted by molar-refractivity contribution is 5.87. The molecule has 0 unspecified atom stereocenters. The molecule has 0 aromatic rings. The first-order chi connectivity index (χ1) is 5.84. The fourth-order valence-corrected chi connectivity index (χ4v) is 1.31. The van der Waals surface area contributed by atoms with Crippen molar-refractivity contribution in [3.63, 3.8) is 0 Å². The number of carbonyl (C=O) groups is 1. The second-order valence-electron chi connectivity index (χ2n) is 2.93. The van der Waals surface area contributed by atoms with Gasteiger partial charge in [0, 0.05) is 19.6 Å². The summed E-state index contributed by atoms with van der Waals surface area (Å²) in [6, 6.07) is 0. The molecule has 3 nitrogen and oxygen atoms in total. The van der Waals surface area contributed by atoms with Crippen LogP contribution in [0.25, 0.3) is 0 Å². The zero-order chi connectivity index (χ0) is 8.81. The van der Waals surface area contributed by atoms with Gasteiger partial charge in [0.05, 0.1) is 0 Å². The number of hydrogen-bond acceptors (Lipinski definition) is 2. The predicted molar refractivity (Wildman–Crippen MR) is 48.9 cm³/mol. The minimum Gasteiger partial charge on any atom is -0.338 e. The number of nitrogens with zero attached hydrogens (tertiary/aromatic N) is 1. The van der Waals surface area contributed by atoms with E-state index in [2.05, 4.69) is 5.32 Å². The fourth-order valence-electron chi connectivity index (χ4n) is 1.31. The van der Waals surface area contributed by atoms with E-state index in [-0.39, 0.29) is 5.91 Å². The monoisotopic (exact) mass is 168 g/mol. The average Bonchev–Trinajstić information content (AvgIpc) is 2.32. The van der Waals surface area contributed by atoms with Crippen molar-refractivity contribution >= 4 is 5.91 Å². The largest absolute Gasteiger partial charge is 0.338 e. The van der Waals surface area contributed by atoms with Crippen LogP contribution in [-0.2, 0) is 4.79 Å². The highest BCUT2D eigenvalue weighted by Gasteiger charge is 2.11. The normalized spacial score (nSPS) is 19.6. The SMILES string of the molecule is C/C=C/C(=O)N1CCCNCC1. The molecule has 0 atom stereocenters. The summed E-state index contributed by atoms with van der Waals surface area (Å²) in [5, 5.41) is 3.26. The molecule has 1 aliphatic rings. The van der Waals surface area contributed by atoms with Gasteiger partial charge in [-0.15, -0.1) is 0 Å². The summed E-state index contributed by atoms with van der Waals surface area (Å²) in [6.07, 6.45) is 4.48. The van der Waals surface area contributed by atoms with Crippen LogP contribution in [0.15, 0.2) is 12.2 Å². The molecule has 1 amide bonds. The van der Waals surface area contributed by atoms with E-state index >= 15 is 0 Å². The van der Waals surface area contributed by atoms with Crippen LogP contribution in [-0.4, -0.2) is 37.0 Å². The third kappa shape index (κ3) is 2.66. The number of nitrogens with one attached hydrogen (secondary N) is 1. The summed E-state index contributed by atoms with van der Waals surface area (Å²) >= 11 is 0. The molecular formula is C9H16N2O. The summed E-state index contributed by atoms with van der Waals surface area (Å²) in [6.45, 7) is 5.54. The van der Waals surface area contributed by atoms with Gasteiger partial charge in [0.15, 0.2) is 0 Å². The molecule has 0 aliphatic carbocycles. The van der Waals surface area contributed by atoms with Crippen LogP contribution in [0, 0.1) is 0 Å². The highest BCUT2D eigenvalue weighted by Crippen LogP contribution is 1.96. The maximum atomic E-state index is 11.4. The molecule has 1 saturated heterocycles. The molecule has 68 valence electrons. The van der Waals surface area contributed by atoms with Gasteiger partial charge in [-0.2, -0.15) is 0 Å². The van der Waals surface area contributed by atoms with Crippen molar-refractivity contribution in [3.8, 4) is 0 Å². The van der Waals surface area contributed by atoms with E-state index in [1.807, 2.05) is 11.8 Å². The standard InChI is InChI=1S/C9H16N2O/c1-2-4-9(12)11-7-3-5-10-6-8-11/h2,4,10H,3,5-8H2,1H3/b4-2+. The summed E-state index contributed by atoms with van der Waals surface area (Å²) in [7, 11) is 0. The first kappa shape index (κ1) is 9.26. The van der Waals surface area contributed by atoms with Gasteiger partial charge in [-0.3, -0.25) is 4.79 Å². The molecule has 0 spiro atoms. The van der Waals surface area contributed by atoms with Crippen molar-refractivity contribution in [2.75, 3.05) is 26.2 Å². The van der Waals surface area contributed by atoms with E-state index < -0.39 is 0 Å². The van der Waals surface area contributed by atoms with Crippen LogP contribution >= 0.6 is 0 Å². The van der Waals surface area contributed by atoms with Gasteiger partial charge < -0.3 is 10.2 Å². The molecule has 0 aromatic heterocycles.